The smallest absolute Gasteiger partial charge is 0.154 e. The SMILES string of the molecule is COc1c(C)c(C)c(O)c(C=O)c1C. The Morgan fingerprint density at radius 3 is 2.14 bits per heavy atom. The van der Waals surface area contributed by atoms with Gasteiger partial charge in [-0.15, -0.1) is 0 Å². The van der Waals surface area contributed by atoms with Crippen molar-refractivity contribution in [2.45, 2.75) is 20.8 Å². The number of methoxy groups -OCH3 is 1. The number of phenols is 1. The molecular weight excluding hydrogens is 180 g/mol. The fourth-order valence-corrected chi connectivity index (χ4v) is 1.58. The van der Waals surface area contributed by atoms with Gasteiger partial charge in [0.2, 0.25) is 0 Å². The zero-order valence-corrected chi connectivity index (χ0v) is 8.84. The van der Waals surface area contributed by atoms with Gasteiger partial charge in [0.1, 0.15) is 11.5 Å². The molecule has 1 aromatic rings. The van der Waals surface area contributed by atoms with E-state index in [2.05, 4.69) is 0 Å². The van der Waals surface area contributed by atoms with Gasteiger partial charge in [-0.3, -0.25) is 4.79 Å². The van der Waals surface area contributed by atoms with E-state index in [1.165, 1.54) is 0 Å². The molecule has 0 unspecified atom stereocenters. The molecule has 3 nitrogen and oxygen atoms in total. The van der Waals surface area contributed by atoms with E-state index in [9.17, 15) is 9.90 Å². The molecule has 0 spiro atoms. The van der Waals surface area contributed by atoms with Crippen molar-refractivity contribution in [3.8, 4) is 11.5 Å². The minimum Gasteiger partial charge on any atom is -0.507 e. The molecule has 1 rings (SSSR count). The lowest BCUT2D eigenvalue weighted by molar-refractivity contribution is 0.112. The van der Waals surface area contributed by atoms with Crippen molar-refractivity contribution in [1.29, 1.82) is 0 Å². The zero-order chi connectivity index (χ0) is 10.9. The van der Waals surface area contributed by atoms with Crippen LogP contribution in [0.3, 0.4) is 0 Å². The fraction of sp³-hybridized carbons (Fsp3) is 0.364. The highest BCUT2D eigenvalue weighted by Crippen LogP contribution is 2.35. The average Bonchev–Trinajstić information content (AvgIpc) is 2.16. The van der Waals surface area contributed by atoms with Gasteiger partial charge in [0, 0.05) is 5.56 Å². The molecule has 0 aliphatic rings. The number of carbonyl (C=O) groups excluding carboxylic acids is 1. The van der Waals surface area contributed by atoms with Crippen LogP contribution in [0.1, 0.15) is 27.0 Å². The van der Waals surface area contributed by atoms with Crippen LogP contribution in [0.15, 0.2) is 0 Å². The van der Waals surface area contributed by atoms with Crippen LogP contribution in [-0.4, -0.2) is 18.5 Å². The molecule has 0 atom stereocenters. The van der Waals surface area contributed by atoms with Gasteiger partial charge in [-0.2, -0.15) is 0 Å². The van der Waals surface area contributed by atoms with E-state index in [-0.39, 0.29) is 5.75 Å². The Kier molecular flexibility index (Phi) is 2.79. The molecule has 0 saturated heterocycles. The molecule has 0 aliphatic carbocycles. The number of aldehydes is 1. The van der Waals surface area contributed by atoms with Gasteiger partial charge in [0.05, 0.1) is 12.7 Å². The van der Waals surface area contributed by atoms with Crippen LogP contribution < -0.4 is 4.74 Å². The second kappa shape index (κ2) is 3.70. The predicted molar refractivity (Wildman–Crippen MR) is 54.3 cm³/mol. The Labute approximate surface area is 83.3 Å². The van der Waals surface area contributed by atoms with Gasteiger partial charge in [-0.05, 0) is 31.9 Å². The van der Waals surface area contributed by atoms with Crippen LogP contribution >= 0.6 is 0 Å². The van der Waals surface area contributed by atoms with Crippen molar-refractivity contribution in [2.75, 3.05) is 7.11 Å². The first-order valence-corrected chi connectivity index (χ1v) is 4.36. The lowest BCUT2D eigenvalue weighted by Gasteiger charge is -2.14. The number of hydrogen-bond acceptors (Lipinski definition) is 3. The van der Waals surface area contributed by atoms with Crippen LogP contribution in [0.4, 0.5) is 0 Å². The minimum absolute atomic E-state index is 0.0517. The number of carbonyl (C=O) groups is 1. The Hall–Kier alpha value is -1.51. The maximum atomic E-state index is 10.8. The third-order valence-electron chi connectivity index (χ3n) is 2.58. The predicted octanol–water partition coefficient (Wildman–Crippen LogP) is 2.14. The van der Waals surface area contributed by atoms with Gasteiger partial charge < -0.3 is 9.84 Å². The van der Waals surface area contributed by atoms with Gasteiger partial charge in [-0.1, -0.05) is 0 Å². The molecule has 0 amide bonds. The molecule has 14 heavy (non-hydrogen) atoms. The maximum absolute atomic E-state index is 10.8. The summed E-state index contributed by atoms with van der Waals surface area (Å²) in [5.74, 6) is 0.721. The van der Waals surface area contributed by atoms with Crippen LogP contribution in [0.25, 0.3) is 0 Å². The van der Waals surface area contributed by atoms with E-state index in [0.717, 1.165) is 5.56 Å². The second-order valence-corrected chi connectivity index (χ2v) is 3.29. The highest BCUT2D eigenvalue weighted by Gasteiger charge is 2.16. The number of hydrogen-bond donors (Lipinski definition) is 1. The summed E-state index contributed by atoms with van der Waals surface area (Å²) in [6.07, 6.45) is 0.652. The standard InChI is InChI=1S/C11H14O3/c1-6-7(2)11(14-4)8(3)9(5-12)10(6)13/h5,13H,1-4H3. The maximum Gasteiger partial charge on any atom is 0.154 e. The van der Waals surface area contributed by atoms with E-state index < -0.39 is 0 Å². The monoisotopic (exact) mass is 194 g/mol. The summed E-state index contributed by atoms with van der Waals surface area (Å²) in [4.78, 5) is 10.8. The van der Waals surface area contributed by atoms with Crippen LogP contribution in [0.2, 0.25) is 0 Å². The normalized spacial score (nSPS) is 10.0. The Bertz CT molecular complexity index is 381. The van der Waals surface area contributed by atoms with Gasteiger partial charge >= 0.3 is 0 Å². The first-order valence-electron chi connectivity index (χ1n) is 4.36. The Morgan fingerprint density at radius 1 is 1.14 bits per heavy atom. The minimum atomic E-state index is 0.0517. The van der Waals surface area contributed by atoms with Gasteiger partial charge in [0.15, 0.2) is 6.29 Å². The van der Waals surface area contributed by atoms with Gasteiger partial charge in [-0.25, -0.2) is 0 Å². The molecule has 3 heteroatoms. The summed E-state index contributed by atoms with van der Waals surface area (Å²) >= 11 is 0. The third kappa shape index (κ3) is 1.35. The first-order chi connectivity index (χ1) is 6.54. The summed E-state index contributed by atoms with van der Waals surface area (Å²) in [6, 6.07) is 0. The van der Waals surface area contributed by atoms with Crippen molar-refractivity contribution >= 4 is 6.29 Å². The summed E-state index contributed by atoms with van der Waals surface area (Å²) < 4.78 is 5.18. The Balaban J connectivity index is 3.64. The summed E-state index contributed by atoms with van der Waals surface area (Å²) in [5, 5.41) is 9.69. The molecular formula is C11H14O3. The second-order valence-electron chi connectivity index (χ2n) is 3.29. The highest BCUT2D eigenvalue weighted by atomic mass is 16.5. The van der Waals surface area contributed by atoms with Crippen molar-refractivity contribution in [1.82, 2.24) is 0 Å². The fourth-order valence-electron chi connectivity index (χ4n) is 1.58. The lowest BCUT2D eigenvalue weighted by Crippen LogP contribution is -1.99. The molecule has 1 aromatic carbocycles. The number of phenolic OH excluding ortho intramolecular Hbond substituents is 1. The van der Waals surface area contributed by atoms with Crippen LogP contribution in [0, 0.1) is 20.8 Å². The molecule has 0 fully saturated rings. The molecule has 1 N–H and O–H groups in total. The van der Waals surface area contributed by atoms with Crippen molar-refractivity contribution in [3.05, 3.63) is 22.3 Å². The number of aromatic hydroxyl groups is 1. The van der Waals surface area contributed by atoms with E-state index in [1.807, 2.05) is 6.92 Å². The number of rotatable bonds is 2. The molecule has 0 bridgehead atoms. The molecule has 0 aromatic heterocycles. The van der Waals surface area contributed by atoms with Crippen LogP contribution in [0.5, 0.6) is 11.5 Å². The summed E-state index contributed by atoms with van der Waals surface area (Å²) in [5.41, 5.74) is 2.55. The Morgan fingerprint density at radius 2 is 1.71 bits per heavy atom. The molecule has 76 valence electrons. The average molecular weight is 194 g/mol. The van der Waals surface area contributed by atoms with E-state index >= 15 is 0 Å². The molecule has 0 saturated carbocycles. The number of benzene rings is 1. The highest BCUT2D eigenvalue weighted by molar-refractivity contribution is 5.84. The lowest BCUT2D eigenvalue weighted by atomic mass is 9.98. The largest absolute Gasteiger partial charge is 0.507 e. The number of ether oxygens (including phenoxy) is 1. The van der Waals surface area contributed by atoms with Crippen molar-refractivity contribution < 1.29 is 14.6 Å². The van der Waals surface area contributed by atoms with Gasteiger partial charge in [0.25, 0.3) is 0 Å². The third-order valence-corrected chi connectivity index (χ3v) is 2.58. The topological polar surface area (TPSA) is 46.5 Å². The zero-order valence-electron chi connectivity index (χ0n) is 8.84. The quantitative estimate of drug-likeness (QED) is 0.734. The van der Waals surface area contributed by atoms with E-state index in [4.69, 9.17) is 4.74 Å². The summed E-state index contributed by atoms with van der Waals surface area (Å²) in [6.45, 7) is 5.38. The van der Waals surface area contributed by atoms with Crippen LogP contribution in [-0.2, 0) is 0 Å². The molecule has 0 radical (unpaired) electrons. The van der Waals surface area contributed by atoms with E-state index in [0.29, 0.717) is 28.7 Å². The molecule has 0 heterocycles. The van der Waals surface area contributed by atoms with E-state index in [1.54, 1.807) is 21.0 Å². The van der Waals surface area contributed by atoms with Crippen molar-refractivity contribution in [3.63, 3.8) is 0 Å². The van der Waals surface area contributed by atoms with Crippen molar-refractivity contribution in [2.24, 2.45) is 0 Å². The first kappa shape index (κ1) is 10.6. The molecule has 0 aliphatic heterocycles. The summed E-state index contributed by atoms with van der Waals surface area (Å²) in [7, 11) is 1.56.